The zero-order valence-corrected chi connectivity index (χ0v) is 10.9. The summed E-state index contributed by atoms with van der Waals surface area (Å²) in [5.74, 6) is -0.814. The monoisotopic (exact) mass is 262 g/mol. The van der Waals surface area contributed by atoms with E-state index in [0.29, 0.717) is 0 Å². The molecule has 0 fully saturated rings. The van der Waals surface area contributed by atoms with E-state index in [1.54, 1.807) is 6.08 Å². The van der Waals surface area contributed by atoms with Crippen molar-refractivity contribution in [1.82, 2.24) is 0 Å². The molecule has 3 rings (SSSR count). The topological polar surface area (TPSA) is 37.3 Å². The van der Waals surface area contributed by atoms with Crippen molar-refractivity contribution in [3.05, 3.63) is 66.2 Å². The fourth-order valence-corrected chi connectivity index (χ4v) is 2.51. The lowest BCUT2D eigenvalue weighted by atomic mass is 9.96. The smallest absolute Gasteiger partial charge is 0.307 e. The molecule has 0 aromatic heterocycles. The van der Waals surface area contributed by atoms with Crippen LogP contribution in [0.4, 0.5) is 0 Å². The molecule has 3 aromatic rings. The van der Waals surface area contributed by atoms with Gasteiger partial charge in [0.2, 0.25) is 0 Å². The maximum absolute atomic E-state index is 10.7. The molecule has 2 nitrogen and oxygen atoms in total. The highest BCUT2D eigenvalue weighted by Crippen LogP contribution is 2.29. The maximum Gasteiger partial charge on any atom is 0.307 e. The molecule has 0 spiro atoms. The van der Waals surface area contributed by atoms with Gasteiger partial charge in [-0.05, 0) is 33.2 Å². The number of carboxylic acid groups (broad SMARTS) is 1. The molecule has 0 unspecified atom stereocenters. The first-order chi connectivity index (χ1) is 9.75. The van der Waals surface area contributed by atoms with E-state index in [1.165, 1.54) is 10.8 Å². The number of hydrogen-bond acceptors (Lipinski definition) is 1. The van der Waals surface area contributed by atoms with Gasteiger partial charge >= 0.3 is 5.97 Å². The predicted molar refractivity (Wildman–Crippen MR) is 82.7 cm³/mol. The summed E-state index contributed by atoms with van der Waals surface area (Å²) in [7, 11) is 0. The standard InChI is InChI=1S/C18H14O2/c19-18(20)11-5-10-17-15-8-3-1-6-13(15)12-14-7-2-4-9-16(14)17/h1-10,12H,11H2,(H,19,20). The number of benzene rings is 3. The summed E-state index contributed by atoms with van der Waals surface area (Å²) in [6.07, 6.45) is 3.66. The molecule has 0 aliphatic heterocycles. The highest BCUT2D eigenvalue weighted by molar-refractivity contribution is 6.06. The zero-order valence-electron chi connectivity index (χ0n) is 10.9. The fraction of sp³-hybridized carbons (Fsp3) is 0.0556. The number of hydrogen-bond donors (Lipinski definition) is 1. The molecule has 2 heteroatoms. The molecule has 1 N–H and O–H groups in total. The van der Waals surface area contributed by atoms with Crippen LogP contribution < -0.4 is 0 Å². The van der Waals surface area contributed by atoms with Crippen LogP contribution >= 0.6 is 0 Å². The van der Waals surface area contributed by atoms with Crippen LogP contribution in [-0.2, 0) is 4.79 Å². The van der Waals surface area contributed by atoms with Gasteiger partial charge in [0.05, 0.1) is 6.42 Å². The summed E-state index contributed by atoms with van der Waals surface area (Å²) in [5, 5.41) is 13.4. The van der Waals surface area contributed by atoms with Crippen molar-refractivity contribution in [3.8, 4) is 0 Å². The SMILES string of the molecule is O=C(O)CC=Cc1c2ccccc2cc2ccccc12. The van der Waals surface area contributed by atoms with Crippen LogP contribution in [0.1, 0.15) is 12.0 Å². The Morgan fingerprint density at radius 1 is 0.950 bits per heavy atom. The number of aliphatic carboxylic acids is 1. The molecule has 0 radical (unpaired) electrons. The van der Waals surface area contributed by atoms with Crippen molar-refractivity contribution in [3.63, 3.8) is 0 Å². The molecule has 20 heavy (non-hydrogen) atoms. The molecular weight excluding hydrogens is 248 g/mol. The van der Waals surface area contributed by atoms with Gasteiger partial charge in [-0.2, -0.15) is 0 Å². The van der Waals surface area contributed by atoms with Crippen LogP contribution in [0.25, 0.3) is 27.6 Å². The number of carboxylic acids is 1. The third-order valence-electron chi connectivity index (χ3n) is 3.39. The average molecular weight is 262 g/mol. The van der Waals surface area contributed by atoms with E-state index < -0.39 is 5.97 Å². The molecule has 98 valence electrons. The van der Waals surface area contributed by atoms with Crippen LogP contribution in [0.5, 0.6) is 0 Å². The zero-order chi connectivity index (χ0) is 13.9. The van der Waals surface area contributed by atoms with E-state index in [9.17, 15) is 4.79 Å². The van der Waals surface area contributed by atoms with Crippen molar-refractivity contribution < 1.29 is 9.90 Å². The van der Waals surface area contributed by atoms with Gasteiger partial charge in [0, 0.05) is 0 Å². The van der Waals surface area contributed by atoms with E-state index in [1.807, 2.05) is 30.3 Å². The van der Waals surface area contributed by atoms with Crippen LogP contribution in [0.15, 0.2) is 60.7 Å². The Hall–Kier alpha value is -2.61. The van der Waals surface area contributed by atoms with E-state index >= 15 is 0 Å². The normalized spacial score (nSPS) is 11.4. The van der Waals surface area contributed by atoms with Gasteiger partial charge in [-0.1, -0.05) is 60.7 Å². The van der Waals surface area contributed by atoms with Gasteiger partial charge in [0.15, 0.2) is 0 Å². The third-order valence-corrected chi connectivity index (χ3v) is 3.39. The highest BCUT2D eigenvalue weighted by atomic mass is 16.4. The van der Waals surface area contributed by atoms with Crippen LogP contribution in [0, 0.1) is 0 Å². The third kappa shape index (κ3) is 2.28. The minimum Gasteiger partial charge on any atom is -0.481 e. The lowest BCUT2D eigenvalue weighted by molar-refractivity contribution is -0.135. The molecular formula is C18H14O2. The van der Waals surface area contributed by atoms with Gasteiger partial charge in [0.1, 0.15) is 0 Å². The first kappa shape index (κ1) is 12.4. The van der Waals surface area contributed by atoms with Crippen molar-refractivity contribution in [2.75, 3.05) is 0 Å². The van der Waals surface area contributed by atoms with Crippen molar-refractivity contribution in [1.29, 1.82) is 0 Å². The van der Waals surface area contributed by atoms with Crippen LogP contribution in [0.3, 0.4) is 0 Å². The van der Waals surface area contributed by atoms with Crippen LogP contribution in [-0.4, -0.2) is 11.1 Å². The van der Waals surface area contributed by atoms with Crippen molar-refractivity contribution in [2.45, 2.75) is 6.42 Å². The second kappa shape index (κ2) is 5.17. The van der Waals surface area contributed by atoms with Gasteiger partial charge < -0.3 is 5.11 Å². The summed E-state index contributed by atoms with van der Waals surface area (Å²) >= 11 is 0. The Kier molecular flexibility index (Phi) is 3.21. The predicted octanol–water partition coefficient (Wildman–Crippen LogP) is 4.48. The largest absolute Gasteiger partial charge is 0.481 e. The number of fused-ring (bicyclic) bond motifs is 2. The lowest BCUT2D eigenvalue weighted by Gasteiger charge is -2.08. The van der Waals surface area contributed by atoms with Crippen molar-refractivity contribution >= 4 is 33.6 Å². The van der Waals surface area contributed by atoms with Gasteiger partial charge in [-0.15, -0.1) is 0 Å². The first-order valence-electron chi connectivity index (χ1n) is 6.54. The van der Waals surface area contributed by atoms with E-state index in [2.05, 4.69) is 30.3 Å². The minimum absolute atomic E-state index is 0.0392. The van der Waals surface area contributed by atoms with Gasteiger partial charge in [-0.25, -0.2) is 0 Å². The number of carbonyl (C=O) groups is 1. The van der Waals surface area contributed by atoms with E-state index in [4.69, 9.17) is 5.11 Å². The summed E-state index contributed by atoms with van der Waals surface area (Å²) in [6.45, 7) is 0. The first-order valence-corrected chi connectivity index (χ1v) is 6.54. The fourth-order valence-electron chi connectivity index (χ4n) is 2.51. The molecule has 0 amide bonds. The molecule has 0 saturated heterocycles. The lowest BCUT2D eigenvalue weighted by Crippen LogP contribution is -1.90. The summed E-state index contributed by atoms with van der Waals surface area (Å²) in [4.78, 5) is 10.7. The second-order valence-corrected chi connectivity index (χ2v) is 4.73. The highest BCUT2D eigenvalue weighted by Gasteiger charge is 2.04. The van der Waals surface area contributed by atoms with Crippen molar-refractivity contribution in [2.24, 2.45) is 0 Å². The molecule has 0 saturated carbocycles. The van der Waals surface area contributed by atoms with Gasteiger partial charge in [-0.3, -0.25) is 4.79 Å². The molecule has 3 aromatic carbocycles. The Balaban J connectivity index is 2.27. The molecule has 0 atom stereocenters. The minimum atomic E-state index is -0.814. The second-order valence-electron chi connectivity index (χ2n) is 4.73. The average Bonchev–Trinajstić information content (AvgIpc) is 2.46. The summed E-state index contributed by atoms with van der Waals surface area (Å²) in [6, 6.07) is 18.5. The van der Waals surface area contributed by atoms with Gasteiger partial charge in [0.25, 0.3) is 0 Å². The van der Waals surface area contributed by atoms with E-state index in [-0.39, 0.29) is 6.42 Å². The molecule has 0 aliphatic rings. The Morgan fingerprint density at radius 3 is 2.05 bits per heavy atom. The quantitative estimate of drug-likeness (QED) is 0.706. The van der Waals surface area contributed by atoms with E-state index in [0.717, 1.165) is 16.3 Å². The molecule has 0 heterocycles. The Labute approximate surface area is 117 Å². The number of rotatable bonds is 3. The summed E-state index contributed by atoms with van der Waals surface area (Å²) < 4.78 is 0. The Bertz CT molecular complexity index is 762. The molecule has 0 bridgehead atoms. The molecule has 0 aliphatic carbocycles. The Morgan fingerprint density at radius 2 is 1.50 bits per heavy atom. The summed E-state index contributed by atoms with van der Waals surface area (Å²) in [5.41, 5.74) is 1.08. The maximum atomic E-state index is 10.7. The van der Waals surface area contributed by atoms with Crippen LogP contribution in [0.2, 0.25) is 0 Å².